The topological polar surface area (TPSA) is 3.24 Å². The summed E-state index contributed by atoms with van der Waals surface area (Å²) in [5.41, 5.74) is 15.4. The molecule has 61 heavy (non-hydrogen) atoms. The number of rotatable bonds is 8. The Hall–Kier alpha value is -6.39. The van der Waals surface area contributed by atoms with Gasteiger partial charge >= 0.3 is 0 Å². The van der Waals surface area contributed by atoms with Crippen LogP contribution in [0.3, 0.4) is 0 Å². The number of hydrogen-bond acceptors (Lipinski definition) is 3. The molecule has 1 unspecified atom stereocenters. The summed E-state index contributed by atoms with van der Waals surface area (Å²) in [5, 5.41) is 2.67. The van der Waals surface area contributed by atoms with Gasteiger partial charge in [-0.3, -0.25) is 0 Å². The Morgan fingerprint density at radius 3 is 1.93 bits per heavy atom. The van der Waals surface area contributed by atoms with E-state index in [0.717, 1.165) is 42.7 Å². The van der Waals surface area contributed by atoms with E-state index in [-0.39, 0.29) is 5.41 Å². The first-order chi connectivity index (χ1) is 30.2. The van der Waals surface area contributed by atoms with Crippen molar-refractivity contribution in [3.8, 4) is 11.1 Å². The number of anilines is 3. The molecule has 0 N–H and O–H groups in total. The Labute approximate surface area is 366 Å². The lowest BCUT2D eigenvalue weighted by Gasteiger charge is -2.40. The number of nitrogens with zero attached hydrogens (tertiary/aromatic N) is 1. The second-order valence-electron chi connectivity index (χ2n) is 16.6. The molecule has 2 aliphatic carbocycles. The second-order valence-corrected chi connectivity index (χ2v) is 18.8. The fourth-order valence-electron chi connectivity index (χ4n) is 10.5. The first-order valence-corrected chi connectivity index (χ1v) is 23.2. The van der Waals surface area contributed by atoms with Gasteiger partial charge in [0.25, 0.3) is 0 Å². The van der Waals surface area contributed by atoms with Crippen molar-refractivity contribution in [3.05, 3.63) is 245 Å². The predicted molar refractivity (Wildman–Crippen MR) is 259 cm³/mol. The summed E-state index contributed by atoms with van der Waals surface area (Å²) in [6.45, 7) is 0. The van der Waals surface area contributed by atoms with Gasteiger partial charge in [0.05, 0.1) is 5.41 Å². The minimum absolute atomic E-state index is 0.337. The first kappa shape index (κ1) is 36.5. The summed E-state index contributed by atoms with van der Waals surface area (Å²) in [5.74, 6) is 0.337. The van der Waals surface area contributed by atoms with Crippen molar-refractivity contribution in [3.63, 3.8) is 0 Å². The molecule has 0 bridgehead atoms. The molecule has 12 rings (SSSR count). The Morgan fingerprint density at radius 1 is 0.492 bits per heavy atom. The van der Waals surface area contributed by atoms with Crippen molar-refractivity contribution in [1.82, 2.24) is 0 Å². The van der Waals surface area contributed by atoms with Crippen molar-refractivity contribution in [2.24, 2.45) is 0 Å². The quantitative estimate of drug-likeness (QED) is 0.150. The van der Waals surface area contributed by atoms with Gasteiger partial charge in [-0.05, 0) is 125 Å². The van der Waals surface area contributed by atoms with Crippen LogP contribution in [0.4, 0.5) is 17.1 Å². The SMILES string of the molecule is C1=CC(CCC(c2ccccc2)c2ccc3sc4cc(N(c5ccccc5)c5ccc6c(c5)Sc5ccccc5C65c6ccccc6-c6ccccc65)ccc4c3c2)=CCC1. The third kappa shape index (κ3) is 5.97. The zero-order valence-electron chi connectivity index (χ0n) is 33.8. The molecule has 0 saturated heterocycles. The maximum Gasteiger partial charge on any atom is 0.0735 e. The Bertz CT molecular complexity index is 3150. The Morgan fingerprint density at radius 2 is 1.16 bits per heavy atom. The largest absolute Gasteiger partial charge is 0.310 e. The molecule has 9 aromatic rings. The van der Waals surface area contributed by atoms with E-state index < -0.39 is 0 Å². The van der Waals surface area contributed by atoms with E-state index in [9.17, 15) is 0 Å². The van der Waals surface area contributed by atoms with Gasteiger partial charge < -0.3 is 4.90 Å². The molecule has 292 valence electrons. The molecule has 1 nitrogen and oxygen atoms in total. The van der Waals surface area contributed by atoms with Crippen LogP contribution in [0, 0.1) is 0 Å². The lowest BCUT2D eigenvalue weighted by atomic mass is 9.67. The average Bonchev–Trinajstić information content (AvgIpc) is 3.83. The van der Waals surface area contributed by atoms with Crippen molar-refractivity contribution in [1.29, 1.82) is 0 Å². The molecule has 0 saturated carbocycles. The fourth-order valence-corrected chi connectivity index (χ4v) is 12.9. The normalized spacial score (nSPS) is 14.9. The number of hydrogen-bond donors (Lipinski definition) is 0. The highest BCUT2D eigenvalue weighted by atomic mass is 32.2. The molecule has 1 aromatic heterocycles. The van der Waals surface area contributed by atoms with Crippen LogP contribution in [-0.4, -0.2) is 0 Å². The number of thiophene rings is 1. The summed E-state index contributed by atoms with van der Waals surface area (Å²) in [4.78, 5) is 5.05. The molecule has 1 spiro atoms. The molecule has 3 heteroatoms. The fraction of sp³-hybridized carbons (Fsp3) is 0.103. The van der Waals surface area contributed by atoms with E-state index in [4.69, 9.17) is 0 Å². The molecule has 2 heterocycles. The Balaban J connectivity index is 0.969. The van der Waals surface area contributed by atoms with Crippen LogP contribution in [0.5, 0.6) is 0 Å². The molecular weight excluding hydrogens is 775 g/mol. The molecule has 0 radical (unpaired) electrons. The summed E-state index contributed by atoms with van der Waals surface area (Å²) in [6, 6.07) is 70.7. The highest BCUT2D eigenvalue weighted by Gasteiger charge is 2.50. The molecule has 1 atom stereocenters. The number of benzene rings is 8. The maximum atomic E-state index is 2.49. The van der Waals surface area contributed by atoms with Gasteiger partial charge in [0, 0.05) is 52.9 Å². The van der Waals surface area contributed by atoms with E-state index in [1.807, 2.05) is 23.1 Å². The summed E-state index contributed by atoms with van der Waals surface area (Å²) >= 11 is 3.80. The van der Waals surface area contributed by atoms with Crippen LogP contribution in [0.25, 0.3) is 31.3 Å². The summed E-state index contributed by atoms with van der Waals surface area (Å²) in [6.07, 6.45) is 11.6. The molecule has 8 aromatic carbocycles. The van der Waals surface area contributed by atoms with Crippen LogP contribution in [0.1, 0.15) is 65.0 Å². The van der Waals surface area contributed by atoms with Gasteiger partial charge in [-0.1, -0.05) is 169 Å². The van der Waals surface area contributed by atoms with Crippen molar-refractivity contribution in [2.45, 2.75) is 46.8 Å². The Kier molecular flexibility index (Phi) is 8.94. The predicted octanol–water partition coefficient (Wildman–Crippen LogP) is 16.5. The summed E-state index contributed by atoms with van der Waals surface area (Å²) < 4.78 is 2.64. The lowest BCUT2D eigenvalue weighted by Crippen LogP contribution is -2.32. The van der Waals surface area contributed by atoms with E-state index in [0.29, 0.717) is 5.92 Å². The average molecular weight is 818 g/mol. The van der Waals surface area contributed by atoms with Gasteiger partial charge in [0.15, 0.2) is 0 Å². The minimum atomic E-state index is -0.390. The van der Waals surface area contributed by atoms with Crippen molar-refractivity contribution in [2.75, 3.05) is 4.90 Å². The van der Waals surface area contributed by atoms with Crippen molar-refractivity contribution < 1.29 is 0 Å². The smallest absolute Gasteiger partial charge is 0.0735 e. The van der Waals surface area contributed by atoms with Crippen LogP contribution >= 0.6 is 23.1 Å². The van der Waals surface area contributed by atoms with Gasteiger partial charge in [0.1, 0.15) is 0 Å². The van der Waals surface area contributed by atoms with Crippen molar-refractivity contribution >= 4 is 60.3 Å². The molecule has 1 aliphatic heterocycles. The molecule has 0 amide bonds. The molecular formula is C58H43NS2. The lowest BCUT2D eigenvalue weighted by molar-refractivity contribution is 0.714. The van der Waals surface area contributed by atoms with E-state index in [2.05, 4.69) is 211 Å². The monoisotopic (exact) mass is 817 g/mol. The third-order valence-electron chi connectivity index (χ3n) is 13.2. The second kappa shape index (κ2) is 15.0. The number of para-hydroxylation sites is 1. The van der Waals surface area contributed by atoms with Crippen LogP contribution in [0.15, 0.2) is 222 Å². The highest BCUT2D eigenvalue weighted by molar-refractivity contribution is 7.99. The van der Waals surface area contributed by atoms with Gasteiger partial charge in [-0.2, -0.15) is 0 Å². The van der Waals surface area contributed by atoms with Gasteiger partial charge in [-0.25, -0.2) is 0 Å². The zero-order chi connectivity index (χ0) is 40.3. The van der Waals surface area contributed by atoms with Crippen LogP contribution in [-0.2, 0) is 5.41 Å². The van der Waals surface area contributed by atoms with E-state index in [1.165, 1.54) is 80.0 Å². The maximum absolute atomic E-state index is 2.49. The molecule has 0 fully saturated rings. The highest BCUT2D eigenvalue weighted by Crippen LogP contribution is 2.62. The van der Waals surface area contributed by atoms with E-state index >= 15 is 0 Å². The number of allylic oxidation sites excluding steroid dienone is 4. The minimum Gasteiger partial charge on any atom is -0.310 e. The van der Waals surface area contributed by atoms with Crippen LogP contribution < -0.4 is 4.90 Å². The van der Waals surface area contributed by atoms with Gasteiger partial charge in [0.2, 0.25) is 0 Å². The number of fused-ring (bicyclic) bond motifs is 12. The van der Waals surface area contributed by atoms with Crippen LogP contribution in [0.2, 0.25) is 0 Å². The standard InChI is InChI=1S/C58H43NS2/c1-4-16-39(17-5-1)28-32-45(40-18-6-2-7-19-40)41-29-35-54-49(36-41)48-33-30-43(37-56(48)60-54)59(42-20-8-3-9-21-42)44-31-34-53-57(38-44)61-55-27-15-14-26-52(55)58(53)50-24-12-10-22-46(50)47-23-11-13-25-51(47)58/h2-4,6-27,29-31,33-38,45H,1,5,28,32H2. The summed E-state index contributed by atoms with van der Waals surface area (Å²) in [7, 11) is 0. The van der Waals surface area contributed by atoms with Gasteiger partial charge in [-0.15, -0.1) is 11.3 Å². The first-order valence-electron chi connectivity index (χ1n) is 21.6. The zero-order valence-corrected chi connectivity index (χ0v) is 35.4. The molecule has 3 aliphatic rings. The third-order valence-corrected chi connectivity index (χ3v) is 15.5. The van der Waals surface area contributed by atoms with E-state index in [1.54, 1.807) is 0 Å².